The van der Waals surface area contributed by atoms with Crippen LogP contribution in [0, 0.1) is 29.6 Å². The van der Waals surface area contributed by atoms with Gasteiger partial charge in [-0.1, -0.05) is 0 Å². The van der Waals surface area contributed by atoms with E-state index in [1.807, 2.05) is 6.92 Å². The predicted molar refractivity (Wildman–Crippen MR) is 58.0 cm³/mol. The smallest absolute Gasteiger partial charge is 0.310 e. The van der Waals surface area contributed by atoms with Crippen molar-refractivity contribution >= 4 is 5.97 Å². The van der Waals surface area contributed by atoms with Crippen molar-refractivity contribution in [2.45, 2.75) is 39.0 Å². The van der Waals surface area contributed by atoms with Gasteiger partial charge in [0.05, 0.1) is 12.5 Å². The van der Waals surface area contributed by atoms with Crippen LogP contribution in [0.1, 0.15) is 39.0 Å². The lowest BCUT2D eigenvalue weighted by atomic mass is 9.72. The minimum atomic E-state index is -0.0774. The van der Waals surface area contributed by atoms with Gasteiger partial charge in [0.15, 0.2) is 0 Å². The molecule has 0 heterocycles. The molecule has 2 atom stereocenters. The van der Waals surface area contributed by atoms with Gasteiger partial charge >= 0.3 is 5.97 Å². The summed E-state index contributed by atoms with van der Waals surface area (Å²) in [5.41, 5.74) is 0.463. The molecule has 2 nitrogen and oxygen atoms in total. The van der Waals surface area contributed by atoms with Gasteiger partial charge in [-0.05, 0) is 44.4 Å². The highest BCUT2D eigenvalue weighted by Crippen LogP contribution is 2.58. The number of hydrogen-bond donors (Lipinski definition) is 0. The molecular weight excluding hydrogens is 188 g/mol. The molecule has 0 aromatic rings. The number of carbonyl (C=O) groups is 1. The summed E-state index contributed by atoms with van der Waals surface area (Å²) in [7, 11) is 0. The zero-order valence-electron chi connectivity index (χ0n) is 9.29. The van der Waals surface area contributed by atoms with Gasteiger partial charge in [0.1, 0.15) is 0 Å². The quantitative estimate of drug-likeness (QED) is 0.512. The number of hydrogen-bond acceptors (Lipinski definition) is 2. The van der Waals surface area contributed by atoms with Crippen LogP contribution in [0.5, 0.6) is 0 Å². The SMILES string of the molecule is C#C[C@@H]1CCC2(CC2)CC1C(=O)OCC. The maximum atomic E-state index is 11.8. The van der Waals surface area contributed by atoms with E-state index >= 15 is 0 Å². The van der Waals surface area contributed by atoms with Crippen molar-refractivity contribution in [1.82, 2.24) is 0 Å². The number of terminal acetylenes is 1. The molecule has 2 heteroatoms. The lowest BCUT2D eigenvalue weighted by molar-refractivity contribution is -0.151. The number of esters is 1. The number of ether oxygens (including phenoxy) is 1. The lowest BCUT2D eigenvalue weighted by Gasteiger charge is -2.32. The van der Waals surface area contributed by atoms with Crippen molar-refractivity contribution in [3.8, 4) is 12.3 Å². The zero-order chi connectivity index (χ0) is 10.9. The van der Waals surface area contributed by atoms with E-state index in [2.05, 4.69) is 5.92 Å². The van der Waals surface area contributed by atoms with Crippen LogP contribution in [0.3, 0.4) is 0 Å². The maximum absolute atomic E-state index is 11.8. The first-order chi connectivity index (χ1) is 7.21. The molecule has 0 radical (unpaired) electrons. The summed E-state index contributed by atoms with van der Waals surface area (Å²) in [5, 5.41) is 0. The van der Waals surface area contributed by atoms with E-state index in [4.69, 9.17) is 11.2 Å². The van der Waals surface area contributed by atoms with E-state index in [1.165, 1.54) is 19.3 Å². The standard InChI is InChI=1S/C13H18O2/c1-3-10-5-6-13(7-8-13)9-11(10)12(14)15-4-2/h1,10-11H,4-9H2,2H3/t10-,11?/m1/s1. The second-order valence-corrected chi connectivity index (χ2v) is 4.87. The first-order valence-corrected chi connectivity index (χ1v) is 5.83. The Morgan fingerprint density at radius 3 is 2.80 bits per heavy atom. The van der Waals surface area contributed by atoms with Crippen LogP contribution in [0.2, 0.25) is 0 Å². The van der Waals surface area contributed by atoms with E-state index in [1.54, 1.807) is 0 Å². The van der Waals surface area contributed by atoms with Crippen LogP contribution in [0.4, 0.5) is 0 Å². The molecule has 15 heavy (non-hydrogen) atoms. The summed E-state index contributed by atoms with van der Waals surface area (Å²) in [6.07, 6.45) is 11.2. The Balaban J connectivity index is 2.04. The van der Waals surface area contributed by atoms with Crippen LogP contribution in [0.25, 0.3) is 0 Å². The topological polar surface area (TPSA) is 26.3 Å². The summed E-state index contributed by atoms with van der Waals surface area (Å²) in [5.74, 6) is 2.75. The van der Waals surface area contributed by atoms with E-state index in [0.717, 1.165) is 12.8 Å². The van der Waals surface area contributed by atoms with Crippen molar-refractivity contribution in [3.05, 3.63) is 0 Å². The highest BCUT2D eigenvalue weighted by Gasteiger charge is 2.50. The van der Waals surface area contributed by atoms with Crippen molar-refractivity contribution in [1.29, 1.82) is 0 Å². The van der Waals surface area contributed by atoms with Crippen LogP contribution in [0.15, 0.2) is 0 Å². The zero-order valence-corrected chi connectivity index (χ0v) is 9.29. The first-order valence-electron chi connectivity index (χ1n) is 5.83. The molecule has 82 valence electrons. The fourth-order valence-corrected chi connectivity index (χ4v) is 2.70. The Morgan fingerprint density at radius 2 is 2.27 bits per heavy atom. The third-order valence-corrected chi connectivity index (χ3v) is 3.88. The lowest BCUT2D eigenvalue weighted by Crippen LogP contribution is -2.32. The van der Waals surface area contributed by atoms with Gasteiger partial charge in [-0.15, -0.1) is 12.3 Å². The average Bonchev–Trinajstić information content (AvgIpc) is 2.98. The molecule has 2 aliphatic rings. The second kappa shape index (κ2) is 3.89. The molecule has 0 N–H and O–H groups in total. The van der Waals surface area contributed by atoms with Gasteiger partial charge in [0, 0.05) is 5.92 Å². The Labute approximate surface area is 91.4 Å². The normalized spacial score (nSPS) is 32.0. The molecule has 0 aromatic carbocycles. The minimum absolute atomic E-state index is 0.0359. The fourth-order valence-electron chi connectivity index (χ4n) is 2.70. The maximum Gasteiger partial charge on any atom is 0.310 e. The van der Waals surface area contributed by atoms with Crippen LogP contribution in [-0.2, 0) is 9.53 Å². The summed E-state index contributed by atoms with van der Waals surface area (Å²) in [6.45, 7) is 2.30. The fraction of sp³-hybridized carbons (Fsp3) is 0.769. The molecule has 2 aliphatic carbocycles. The highest BCUT2D eigenvalue weighted by atomic mass is 16.5. The summed E-state index contributed by atoms with van der Waals surface area (Å²) in [4.78, 5) is 11.8. The molecular formula is C13H18O2. The average molecular weight is 206 g/mol. The van der Waals surface area contributed by atoms with E-state index in [9.17, 15) is 4.79 Å². The Morgan fingerprint density at radius 1 is 1.53 bits per heavy atom. The third-order valence-electron chi connectivity index (χ3n) is 3.88. The minimum Gasteiger partial charge on any atom is -0.466 e. The van der Waals surface area contributed by atoms with Crippen LogP contribution >= 0.6 is 0 Å². The molecule has 2 rings (SSSR count). The van der Waals surface area contributed by atoms with Crippen LogP contribution in [-0.4, -0.2) is 12.6 Å². The summed E-state index contributed by atoms with van der Waals surface area (Å²) in [6, 6.07) is 0. The Hall–Kier alpha value is -0.970. The second-order valence-electron chi connectivity index (χ2n) is 4.87. The Kier molecular flexibility index (Phi) is 2.73. The largest absolute Gasteiger partial charge is 0.466 e. The van der Waals surface area contributed by atoms with E-state index in [0.29, 0.717) is 12.0 Å². The van der Waals surface area contributed by atoms with Crippen molar-refractivity contribution in [2.75, 3.05) is 6.61 Å². The molecule has 0 aliphatic heterocycles. The number of rotatable bonds is 2. The van der Waals surface area contributed by atoms with Gasteiger partial charge in [-0.25, -0.2) is 0 Å². The molecule has 0 bridgehead atoms. The molecule has 0 aromatic heterocycles. The van der Waals surface area contributed by atoms with Gasteiger partial charge < -0.3 is 4.74 Å². The molecule has 0 saturated heterocycles. The highest BCUT2D eigenvalue weighted by molar-refractivity contribution is 5.73. The van der Waals surface area contributed by atoms with E-state index in [-0.39, 0.29) is 17.8 Å². The van der Waals surface area contributed by atoms with Gasteiger partial charge in [0.25, 0.3) is 0 Å². The monoisotopic (exact) mass is 206 g/mol. The van der Waals surface area contributed by atoms with Crippen molar-refractivity contribution < 1.29 is 9.53 Å². The molecule has 2 saturated carbocycles. The molecule has 2 fully saturated rings. The Bertz CT molecular complexity index is 296. The molecule has 0 amide bonds. The van der Waals surface area contributed by atoms with Gasteiger partial charge in [-0.3, -0.25) is 4.79 Å². The summed E-state index contributed by atoms with van der Waals surface area (Å²) >= 11 is 0. The van der Waals surface area contributed by atoms with E-state index < -0.39 is 0 Å². The number of carbonyl (C=O) groups excluding carboxylic acids is 1. The van der Waals surface area contributed by atoms with Crippen LogP contribution < -0.4 is 0 Å². The van der Waals surface area contributed by atoms with Gasteiger partial charge in [0.2, 0.25) is 0 Å². The van der Waals surface area contributed by atoms with Crippen molar-refractivity contribution in [3.63, 3.8) is 0 Å². The summed E-state index contributed by atoms with van der Waals surface area (Å²) < 4.78 is 5.10. The third kappa shape index (κ3) is 2.02. The first kappa shape index (κ1) is 10.5. The molecule has 1 unspecified atom stereocenters. The predicted octanol–water partition coefficient (Wildman–Crippen LogP) is 2.38. The van der Waals surface area contributed by atoms with Crippen molar-refractivity contribution in [2.24, 2.45) is 17.3 Å². The molecule has 1 spiro atoms. The van der Waals surface area contributed by atoms with Gasteiger partial charge in [-0.2, -0.15) is 0 Å².